The van der Waals surface area contributed by atoms with Gasteiger partial charge in [0.2, 0.25) is 0 Å². The van der Waals surface area contributed by atoms with E-state index in [4.69, 9.17) is 9.57 Å². The minimum atomic E-state index is 0.659. The molecule has 0 atom stereocenters. The van der Waals surface area contributed by atoms with Gasteiger partial charge in [0, 0.05) is 6.54 Å². The lowest BCUT2D eigenvalue weighted by Gasteiger charge is -2.23. The smallest absolute Gasteiger partial charge is 0.144 e. The minimum absolute atomic E-state index is 0.659. The topological polar surface area (TPSA) is 21.7 Å². The summed E-state index contributed by atoms with van der Waals surface area (Å²) in [4.78, 5) is 5.47. The van der Waals surface area contributed by atoms with Crippen LogP contribution >= 0.6 is 0 Å². The molecule has 0 spiro atoms. The number of anilines is 1. The third kappa shape index (κ3) is 2.39. The monoisotopic (exact) mass is 195 g/mol. The van der Waals surface area contributed by atoms with Gasteiger partial charge in [-0.1, -0.05) is 12.1 Å². The fourth-order valence-corrected chi connectivity index (χ4v) is 1.32. The van der Waals surface area contributed by atoms with Crippen LogP contribution in [-0.2, 0) is 4.84 Å². The quantitative estimate of drug-likeness (QED) is 0.674. The maximum absolute atomic E-state index is 5.47. The summed E-state index contributed by atoms with van der Waals surface area (Å²) in [5.41, 5.74) is 0.972. The van der Waals surface area contributed by atoms with Crippen molar-refractivity contribution >= 4 is 5.69 Å². The van der Waals surface area contributed by atoms with Crippen molar-refractivity contribution in [1.82, 2.24) is 0 Å². The summed E-state index contributed by atoms with van der Waals surface area (Å²) < 4.78 is 5.25. The van der Waals surface area contributed by atoms with Crippen LogP contribution in [0.15, 0.2) is 24.3 Å². The van der Waals surface area contributed by atoms with Gasteiger partial charge < -0.3 is 4.74 Å². The van der Waals surface area contributed by atoms with E-state index < -0.39 is 0 Å². The third-order valence-electron chi connectivity index (χ3n) is 1.93. The van der Waals surface area contributed by atoms with Crippen molar-refractivity contribution in [2.75, 3.05) is 25.3 Å². The molecule has 3 heteroatoms. The number of ether oxygens (including phenoxy) is 1. The maximum Gasteiger partial charge on any atom is 0.144 e. The normalized spacial score (nSPS) is 9.93. The van der Waals surface area contributed by atoms with Gasteiger partial charge in [0.25, 0.3) is 0 Å². The van der Waals surface area contributed by atoms with E-state index >= 15 is 0 Å². The Bertz CT molecular complexity index is 276. The Hall–Kier alpha value is -1.22. The summed E-state index contributed by atoms with van der Waals surface area (Å²) in [7, 11) is 1.67. The van der Waals surface area contributed by atoms with Gasteiger partial charge >= 0.3 is 0 Å². The van der Waals surface area contributed by atoms with Gasteiger partial charge in [-0.15, -0.1) is 0 Å². The standard InChI is InChI=1S/C11H17NO2/c1-4-12(14-5-2)10-8-6-7-9-11(10)13-3/h6-9H,4-5H2,1-3H3. The number of hydrogen-bond donors (Lipinski definition) is 0. The van der Waals surface area contributed by atoms with Crippen molar-refractivity contribution in [3.63, 3.8) is 0 Å². The van der Waals surface area contributed by atoms with Gasteiger partial charge in [0.1, 0.15) is 11.4 Å². The van der Waals surface area contributed by atoms with Crippen molar-refractivity contribution in [3.05, 3.63) is 24.3 Å². The first-order valence-electron chi connectivity index (χ1n) is 4.87. The molecule has 1 aromatic carbocycles. The molecule has 0 aromatic heterocycles. The van der Waals surface area contributed by atoms with E-state index in [1.807, 2.05) is 43.2 Å². The number of para-hydroxylation sites is 2. The van der Waals surface area contributed by atoms with Crippen LogP contribution in [0.4, 0.5) is 5.69 Å². The molecular formula is C11H17NO2. The zero-order valence-electron chi connectivity index (χ0n) is 8.99. The first kappa shape index (κ1) is 10.9. The molecule has 0 fully saturated rings. The van der Waals surface area contributed by atoms with Crippen LogP contribution in [0.1, 0.15) is 13.8 Å². The predicted molar refractivity (Wildman–Crippen MR) is 57.6 cm³/mol. The highest BCUT2D eigenvalue weighted by atomic mass is 16.7. The SMILES string of the molecule is CCON(CC)c1ccccc1OC. The van der Waals surface area contributed by atoms with Gasteiger partial charge in [-0.05, 0) is 26.0 Å². The zero-order chi connectivity index (χ0) is 10.4. The lowest BCUT2D eigenvalue weighted by atomic mass is 10.3. The van der Waals surface area contributed by atoms with Crippen LogP contribution in [0.2, 0.25) is 0 Å². The van der Waals surface area contributed by atoms with E-state index in [1.54, 1.807) is 7.11 Å². The second-order valence-corrected chi connectivity index (χ2v) is 2.78. The second kappa shape index (κ2) is 5.50. The molecule has 14 heavy (non-hydrogen) atoms. The molecule has 0 saturated carbocycles. The van der Waals surface area contributed by atoms with Crippen LogP contribution in [0.25, 0.3) is 0 Å². The first-order chi connectivity index (χ1) is 6.83. The Kier molecular flexibility index (Phi) is 4.26. The summed E-state index contributed by atoms with van der Waals surface area (Å²) in [5.74, 6) is 0.836. The highest BCUT2D eigenvalue weighted by Gasteiger charge is 2.08. The average Bonchev–Trinajstić information content (AvgIpc) is 2.26. The van der Waals surface area contributed by atoms with Crippen LogP contribution in [0, 0.1) is 0 Å². The number of rotatable bonds is 5. The maximum atomic E-state index is 5.47. The van der Waals surface area contributed by atoms with E-state index in [-0.39, 0.29) is 0 Å². The third-order valence-corrected chi connectivity index (χ3v) is 1.93. The Balaban J connectivity index is 2.90. The molecule has 0 N–H and O–H groups in total. The highest BCUT2D eigenvalue weighted by Crippen LogP contribution is 2.27. The van der Waals surface area contributed by atoms with Gasteiger partial charge in [0.05, 0.1) is 13.7 Å². The fraction of sp³-hybridized carbons (Fsp3) is 0.455. The molecule has 0 radical (unpaired) electrons. The summed E-state index contributed by atoms with van der Waals surface area (Å²) in [6.45, 7) is 5.47. The molecular weight excluding hydrogens is 178 g/mol. The summed E-state index contributed by atoms with van der Waals surface area (Å²) in [5, 5.41) is 1.83. The summed E-state index contributed by atoms with van der Waals surface area (Å²) in [6.07, 6.45) is 0. The number of hydrogen-bond acceptors (Lipinski definition) is 3. The molecule has 0 bridgehead atoms. The number of benzene rings is 1. The molecule has 1 rings (SSSR count). The predicted octanol–water partition coefficient (Wildman–Crippen LogP) is 2.47. The van der Waals surface area contributed by atoms with Crippen LogP contribution in [0.5, 0.6) is 5.75 Å². The number of nitrogens with zero attached hydrogens (tertiary/aromatic N) is 1. The summed E-state index contributed by atoms with van der Waals surface area (Å²) in [6, 6.07) is 7.83. The minimum Gasteiger partial charge on any atom is -0.494 e. The van der Waals surface area contributed by atoms with E-state index in [2.05, 4.69) is 0 Å². The van der Waals surface area contributed by atoms with E-state index in [0.717, 1.165) is 18.0 Å². The van der Waals surface area contributed by atoms with Crippen LogP contribution < -0.4 is 9.80 Å². The van der Waals surface area contributed by atoms with Crippen molar-refractivity contribution in [3.8, 4) is 5.75 Å². The molecule has 0 saturated heterocycles. The Morgan fingerprint density at radius 2 is 1.93 bits per heavy atom. The Morgan fingerprint density at radius 3 is 2.50 bits per heavy atom. The zero-order valence-corrected chi connectivity index (χ0v) is 8.99. The van der Waals surface area contributed by atoms with E-state index in [0.29, 0.717) is 6.61 Å². The molecule has 0 aliphatic carbocycles. The van der Waals surface area contributed by atoms with Gasteiger partial charge in [-0.3, -0.25) is 9.90 Å². The lowest BCUT2D eigenvalue weighted by molar-refractivity contribution is 0.121. The Morgan fingerprint density at radius 1 is 1.21 bits per heavy atom. The van der Waals surface area contributed by atoms with Crippen molar-refractivity contribution in [2.24, 2.45) is 0 Å². The molecule has 1 aromatic rings. The second-order valence-electron chi connectivity index (χ2n) is 2.78. The van der Waals surface area contributed by atoms with Crippen molar-refractivity contribution < 1.29 is 9.57 Å². The molecule has 0 amide bonds. The molecule has 0 aliphatic rings. The van der Waals surface area contributed by atoms with E-state index in [1.165, 1.54) is 0 Å². The number of methoxy groups -OCH3 is 1. The van der Waals surface area contributed by atoms with Gasteiger partial charge in [0.15, 0.2) is 0 Å². The largest absolute Gasteiger partial charge is 0.494 e. The van der Waals surface area contributed by atoms with E-state index in [9.17, 15) is 0 Å². The molecule has 3 nitrogen and oxygen atoms in total. The van der Waals surface area contributed by atoms with Crippen molar-refractivity contribution in [2.45, 2.75) is 13.8 Å². The lowest BCUT2D eigenvalue weighted by Crippen LogP contribution is -2.23. The molecule has 0 heterocycles. The van der Waals surface area contributed by atoms with Gasteiger partial charge in [-0.2, -0.15) is 0 Å². The molecule has 78 valence electrons. The average molecular weight is 195 g/mol. The van der Waals surface area contributed by atoms with Crippen LogP contribution in [0.3, 0.4) is 0 Å². The highest BCUT2D eigenvalue weighted by molar-refractivity contribution is 5.56. The Labute approximate surface area is 85.2 Å². The molecule has 0 aliphatic heterocycles. The van der Waals surface area contributed by atoms with Gasteiger partial charge in [-0.25, -0.2) is 0 Å². The van der Waals surface area contributed by atoms with Crippen molar-refractivity contribution in [1.29, 1.82) is 0 Å². The summed E-state index contributed by atoms with van der Waals surface area (Å²) >= 11 is 0. The fourth-order valence-electron chi connectivity index (χ4n) is 1.32. The number of hydroxylamine groups is 1. The van der Waals surface area contributed by atoms with Crippen LogP contribution in [-0.4, -0.2) is 20.3 Å². The molecule has 0 unspecified atom stereocenters. The first-order valence-corrected chi connectivity index (χ1v) is 4.87.